The summed E-state index contributed by atoms with van der Waals surface area (Å²) in [5, 5.41) is 5.26. The summed E-state index contributed by atoms with van der Waals surface area (Å²) in [5.74, 6) is 0. The molecule has 0 aliphatic rings. The molecule has 4 heteroatoms. The summed E-state index contributed by atoms with van der Waals surface area (Å²) < 4.78 is 5.17. The van der Waals surface area contributed by atoms with Crippen molar-refractivity contribution in [2.45, 2.75) is 78.3 Å². The summed E-state index contributed by atoms with van der Waals surface area (Å²) in [6.07, 6.45) is 22.1. The number of unbranched alkanes of at least 4 members (excludes halogenated alkanes) is 6. The molecule has 0 N–H and O–H groups in total. The summed E-state index contributed by atoms with van der Waals surface area (Å²) >= 11 is 0. The number of nitrogens with zero attached hydrogens (tertiary/aromatic N) is 4. The molecule has 8 rings (SSSR count). The third-order valence-corrected chi connectivity index (χ3v) is 10.8. The van der Waals surface area contributed by atoms with Gasteiger partial charge in [0.15, 0.2) is 0 Å². The third-order valence-electron chi connectivity index (χ3n) is 10.8. The van der Waals surface area contributed by atoms with E-state index in [9.17, 15) is 0 Å². The van der Waals surface area contributed by atoms with Crippen LogP contribution in [0.2, 0.25) is 0 Å². The van der Waals surface area contributed by atoms with Crippen molar-refractivity contribution in [1.29, 1.82) is 0 Å². The van der Waals surface area contributed by atoms with Crippen LogP contribution in [-0.2, 0) is 13.1 Å². The number of aromatic nitrogens is 4. The van der Waals surface area contributed by atoms with Crippen molar-refractivity contribution in [2.75, 3.05) is 0 Å². The largest absolute Gasteiger partial charge is 0.340 e. The molecule has 4 nitrogen and oxygen atoms in total. The maximum Gasteiger partial charge on any atom is 0.0564 e. The van der Waals surface area contributed by atoms with Crippen molar-refractivity contribution in [3.8, 4) is 22.3 Å². The van der Waals surface area contributed by atoms with E-state index in [1.165, 1.54) is 128 Å². The highest BCUT2D eigenvalue weighted by Crippen LogP contribution is 2.38. The Labute approximate surface area is 307 Å². The molecule has 4 heterocycles. The molecule has 260 valence electrons. The van der Waals surface area contributed by atoms with Crippen molar-refractivity contribution in [2.24, 2.45) is 0 Å². The number of hydrogen-bond acceptors (Lipinski definition) is 2. The highest BCUT2D eigenvalue weighted by atomic mass is 15.0. The van der Waals surface area contributed by atoms with Gasteiger partial charge in [-0.3, -0.25) is 9.97 Å². The van der Waals surface area contributed by atoms with E-state index < -0.39 is 0 Å². The molecule has 0 bridgehead atoms. The van der Waals surface area contributed by atoms with Gasteiger partial charge in [0.05, 0.1) is 11.0 Å². The van der Waals surface area contributed by atoms with Crippen LogP contribution < -0.4 is 0 Å². The monoisotopic (exact) mass is 680 g/mol. The zero-order valence-electron chi connectivity index (χ0n) is 30.6. The maximum atomic E-state index is 4.25. The fourth-order valence-corrected chi connectivity index (χ4v) is 8.13. The molecule has 4 aromatic heterocycles. The zero-order chi connectivity index (χ0) is 35.3. The molecular weight excluding hydrogens is 633 g/mol. The lowest BCUT2D eigenvalue weighted by molar-refractivity contribution is 0.602. The number of para-hydroxylation sites is 2. The molecule has 0 atom stereocenters. The fourth-order valence-electron chi connectivity index (χ4n) is 8.13. The minimum absolute atomic E-state index is 1.01. The SMILES string of the molecule is CCCCCCn1c2ccc(-c3ccncc3)cc2c2cccc(/C=C/c3cccc4c5cc(-c6ccncc6)ccc5n(CCCCCC)c34)c21. The summed E-state index contributed by atoms with van der Waals surface area (Å²) in [6.45, 7) is 6.60. The molecule has 0 saturated heterocycles. The molecule has 4 aromatic carbocycles. The molecule has 0 fully saturated rings. The van der Waals surface area contributed by atoms with E-state index in [0.717, 1.165) is 13.1 Å². The van der Waals surface area contributed by atoms with E-state index >= 15 is 0 Å². The van der Waals surface area contributed by atoms with Crippen molar-refractivity contribution < 1.29 is 0 Å². The topological polar surface area (TPSA) is 35.6 Å². The minimum atomic E-state index is 1.01. The molecule has 0 spiro atoms. The van der Waals surface area contributed by atoms with Crippen LogP contribution in [0.4, 0.5) is 0 Å². The molecule has 8 aromatic rings. The lowest BCUT2D eigenvalue weighted by Gasteiger charge is -2.11. The Hall–Kier alpha value is -5.48. The Kier molecular flexibility index (Phi) is 9.97. The predicted molar refractivity (Wildman–Crippen MR) is 223 cm³/mol. The Balaban J connectivity index is 1.26. The van der Waals surface area contributed by atoms with E-state index in [1.54, 1.807) is 0 Å². The van der Waals surface area contributed by atoms with Crippen molar-refractivity contribution >= 4 is 55.8 Å². The average molecular weight is 681 g/mol. The van der Waals surface area contributed by atoms with Gasteiger partial charge in [-0.1, -0.05) is 113 Å². The lowest BCUT2D eigenvalue weighted by Crippen LogP contribution is -1.99. The van der Waals surface area contributed by atoms with E-state index in [-0.39, 0.29) is 0 Å². The highest BCUT2D eigenvalue weighted by Gasteiger charge is 2.16. The van der Waals surface area contributed by atoms with E-state index in [2.05, 4.69) is 142 Å². The standard InChI is InChI=1S/C48H48N4/c1-3-5-7-9-31-51-45-21-19-39(35-23-27-49-28-24-35)33-43(45)41-15-11-13-37(47(41)51)17-18-38-14-12-16-42-44-34-40(36-25-29-50-30-26-36)20-22-46(44)52(48(38)42)32-10-8-6-4-2/h11-30,33-34H,3-10,31-32H2,1-2H3/b18-17+. The van der Waals surface area contributed by atoms with Gasteiger partial charge in [0.25, 0.3) is 0 Å². The predicted octanol–water partition coefficient (Wildman–Crippen LogP) is 13.4. The molecule has 52 heavy (non-hydrogen) atoms. The number of rotatable bonds is 14. The van der Waals surface area contributed by atoms with Crippen LogP contribution in [-0.4, -0.2) is 19.1 Å². The third kappa shape index (κ3) is 6.54. The van der Waals surface area contributed by atoms with Gasteiger partial charge in [0, 0.05) is 70.5 Å². The second-order valence-corrected chi connectivity index (χ2v) is 14.2. The van der Waals surface area contributed by atoms with Gasteiger partial charge >= 0.3 is 0 Å². The van der Waals surface area contributed by atoms with Crippen LogP contribution >= 0.6 is 0 Å². The van der Waals surface area contributed by atoms with Gasteiger partial charge in [0.1, 0.15) is 0 Å². The van der Waals surface area contributed by atoms with Crippen LogP contribution in [0.5, 0.6) is 0 Å². The van der Waals surface area contributed by atoms with Crippen molar-refractivity contribution in [3.63, 3.8) is 0 Å². The maximum absolute atomic E-state index is 4.25. The number of hydrogen-bond donors (Lipinski definition) is 0. The summed E-state index contributed by atoms with van der Waals surface area (Å²) in [6, 6.07) is 36.0. The first-order valence-corrected chi connectivity index (χ1v) is 19.3. The molecule has 0 radical (unpaired) electrons. The van der Waals surface area contributed by atoms with E-state index in [0.29, 0.717) is 0 Å². The Morgan fingerprint density at radius 3 is 1.31 bits per heavy atom. The van der Waals surface area contributed by atoms with Crippen LogP contribution in [0.15, 0.2) is 122 Å². The van der Waals surface area contributed by atoms with Gasteiger partial charge in [-0.05, 0) is 94.8 Å². The number of aryl methyl sites for hydroxylation is 2. The number of fused-ring (bicyclic) bond motifs is 6. The molecule has 0 aliphatic heterocycles. The Bertz CT molecular complexity index is 2310. The molecule has 0 amide bonds. The molecule has 0 aliphatic carbocycles. The first kappa shape index (κ1) is 33.7. The fraction of sp³-hybridized carbons (Fsp3) is 0.250. The first-order valence-electron chi connectivity index (χ1n) is 19.3. The Morgan fingerprint density at radius 2 is 0.885 bits per heavy atom. The van der Waals surface area contributed by atoms with Crippen LogP contribution in [0.25, 0.3) is 78.0 Å². The van der Waals surface area contributed by atoms with Gasteiger partial charge in [-0.2, -0.15) is 0 Å². The number of benzene rings is 4. The summed E-state index contributed by atoms with van der Waals surface area (Å²) in [4.78, 5) is 8.51. The minimum Gasteiger partial charge on any atom is -0.340 e. The Morgan fingerprint density at radius 1 is 0.442 bits per heavy atom. The van der Waals surface area contributed by atoms with E-state index in [1.807, 2.05) is 24.8 Å². The normalized spacial score (nSPS) is 12.0. The molecular formula is C48H48N4. The summed E-state index contributed by atoms with van der Waals surface area (Å²) in [5.41, 5.74) is 12.6. The number of pyridine rings is 2. The second-order valence-electron chi connectivity index (χ2n) is 14.2. The van der Waals surface area contributed by atoms with Crippen molar-refractivity contribution in [3.05, 3.63) is 133 Å². The van der Waals surface area contributed by atoms with Crippen molar-refractivity contribution in [1.82, 2.24) is 19.1 Å². The van der Waals surface area contributed by atoms with Crippen LogP contribution in [0.1, 0.15) is 76.3 Å². The van der Waals surface area contributed by atoms with Gasteiger partial charge in [-0.15, -0.1) is 0 Å². The van der Waals surface area contributed by atoms with Crippen LogP contribution in [0.3, 0.4) is 0 Å². The van der Waals surface area contributed by atoms with Gasteiger partial charge < -0.3 is 9.13 Å². The lowest BCUT2D eigenvalue weighted by atomic mass is 10.0. The highest BCUT2D eigenvalue weighted by molar-refractivity contribution is 6.14. The van der Waals surface area contributed by atoms with Gasteiger partial charge in [0.2, 0.25) is 0 Å². The van der Waals surface area contributed by atoms with E-state index in [4.69, 9.17) is 0 Å². The first-order chi connectivity index (χ1) is 25.7. The van der Waals surface area contributed by atoms with Crippen LogP contribution in [0, 0.1) is 0 Å². The summed E-state index contributed by atoms with van der Waals surface area (Å²) in [7, 11) is 0. The quantitative estimate of drug-likeness (QED) is 0.0846. The average Bonchev–Trinajstić information content (AvgIpc) is 3.70. The molecule has 0 unspecified atom stereocenters. The zero-order valence-corrected chi connectivity index (χ0v) is 30.6. The molecule has 0 saturated carbocycles. The smallest absolute Gasteiger partial charge is 0.0564 e. The van der Waals surface area contributed by atoms with Gasteiger partial charge in [-0.25, -0.2) is 0 Å². The second kappa shape index (κ2) is 15.4.